The van der Waals surface area contributed by atoms with E-state index < -0.39 is 0 Å². The molecule has 0 bridgehead atoms. The molecule has 16 heavy (non-hydrogen) atoms. The van der Waals surface area contributed by atoms with Crippen molar-refractivity contribution in [3.05, 3.63) is 59.1 Å². The van der Waals surface area contributed by atoms with Crippen LogP contribution in [0.15, 0.2) is 48.5 Å². The highest BCUT2D eigenvalue weighted by atomic mass is 35.5. The van der Waals surface area contributed by atoms with Crippen molar-refractivity contribution in [3.63, 3.8) is 0 Å². The molecule has 0 radical (unpaired) electrons. The van der Waals surface area contributed by atoms with Gasteiger partial charge in [-0.25, -0.2) is 0 Å². The molecule has 0 atom stereocenters. The van der Waals surface area contributed by atoms with Gasteiger partial charge in [0.2, 0.25) is 0 Å². The summed E-state index contributed by atoms with van der Waals surface area (Å²) >= 11 is 6.00. The van der Waals surface area contributed by atoms with Gasteiger partial charge in [0.25, 0.3) is 0 Å². The minimum Gasteiger partial charge on any atom is -0.0843 e. The van der Waals surface area contributed by atoms with Crippen molar-refractivity contribution in [2.24, 2.45) is 0 Å². The van der Waals surface area contributed by atoms with Crippen molar-refractivity contribution in [2.45, 2.75) is 6.92 Å². The normalized spacial score (nSPS) is 11.1. The molecule has 0 heterocycles. The van der Waals surface area contributed by atoms with Gasteiger partial charge < -0.3 is 0 Å². The molecule has 0 spiro atoms. The standard InChI is InChI=1S/C15H11Cl/c1-10-2-3-11-7-12-4-5-15(16)9-14(12)8-13(11)6-10/h2-9H,1H3. The molecule has 0 aliphatic carbocycles. The molecule has 78 valence electrons. The molecule has 0 saturated heterocycles. The fourth-order valence-corrected chi connectivity index (χ4v) is 2.27. The molecule has 0 aromatic heterocycles. The Morgan fingerprint density at radius 3 is 2.12 bits per heavy atom. The van der Waals surface area contributed by atoms with Crippen molar-refractivity contribution >= 4 is 33.1 Å². The quantitative estimate of drug-likeness (QED) is 0.476. The molecule has 0 amide bonds. The maximum atomic E-state index is 6.00. The van der Waals surface area contributed by atoms with Gasteiger partial charge in [0.15, 0.2) is 0 Å². The first-order valence-corrected chi connectivity index (χ1v) is 5.70. The second kappa shape index (κ2) is 3.50. The molecule has 1 heteroatoms. The Morgan fingerprint density at radius 2 is 1.31 bits per heavy atom. The van der Waals surface area contributed by atoms with E-state index in [1.165, 1.54) is 27.1 Å². The zero-order valence-corrected chi connectivity index (χ0v) is 9.75. The minimum absolute atomic E-state index is 0.791. The monoisotopic (exact) mass is 226 g/mol. The Kier molecular flexibility index (Phi) is 2.12. The van der Waals surface area contributed by atoms with Crippen LogP contribution < -0.4 is 0 Å². The first-order valence-electron chi connectivity index (χ1n) is 5.32. The molecule has 0 unspecified atom stereocenters. The third-order valence-electron chi connectivity index (χ3n) is 2.91. The third kappa shape index (κ3) is 1.56. The van der Waals surface area contributed by atoms with Crippen LogP contribution in [0.2, 0.25) is 5.02 Å². The van der Waals surface area contributed by atoms with Gasteiger partial charge in [-0.15, -0.1) is 0 Å². The van der Waals surface area contributed by atoms with Crippen molar-refractivity contribution in [1.29, 1.82) is 0 Å². The van der Waals surface area contributed by atoms with Crippen molar-refractivity contribution in [2.75, 3.05) is 0 Å². The van der Waals surface area contributed by atoms with Crippen molar-refractivity contribution < 1.29 is 0 Å². The van der Waals surface area contributed by atoms with E-state index in [1.54, 1.807) is 0 Å². The van der Waals surface area contributed by atoms with Crippen LogP contribution in [-0.4, -0.2) is 0 Å². The topological polar surface area (TPSA) is 0 Å². The van der Waals surface area contributed by atoms with E-state index in [0.29, 0.717) is 0 Å². The van der Waals surface area contributed by atoms with E-state index >= 15 is 0 Å². The summed E-state index contributed by atoms with van der Waals surface area (Å²) in [6.07, 6.45) is 0. The summed E-state index contributed by atoms with van der Waals surface area (Å²) in [6, 6.07) is 16.9. The second-order valence-corrected chi connectivity index (χ2v) is 4.63. The predicted molar refractivity (Wildman–Crippen MR) is 71.2 cm³/mol. The van der Waals surface area contributed by atoms with Crippen LogP contribution in [0.1, 0.15) is 5.56 Å². The Labute approximate surface area is 99.5 Å². The van der Waals surface area contributed by atoms with Crippen molar-refractivity contribution in [3.8, 4) is 0 Å². The van der Waals surface area contributed by atoms with E-state index in [0.717, 1.165) is 5.02 Å². The average Bonchev–Trinajstić information content (AvgIpc) is 2.26. The summed E-state index contributed by atoms with van der Waals surface area (Å²) in [7, 11) is 0. The fraction of sp³-hybridized carbons (Fsp3) is 0.0667. The Bertz CT molecular complexity index is 626. The van der Waals surface area contributed by atoms with Gasteiger partial charge in [-0.05, 0) is 52.7 Å². The Morgan fingerprint density at radius 1 is 0.688 bits per heavy atom. The van der Waals surface area contributed by atoms with E-state index in [1.807, 2.05) is 12.1 Å². The minimum atomic E-state index is 0.791. The summed E-state index contributed by atoms with van der Waals surface area (Å²) in [5, 5.41) is 5.78. The summed E-state index contributed by atoms with van der Waals surface area (Å²) in [5.74, 6) is 0. The van der Waals surface area contributed by atoms with Crippen LogP contribution in [0.4, 0.5) is 0 Å². The zero-order chi connectivity index (χ0) is 11.1. The van der Waals surface area contributed by atoms with Crippen LogP contribution >= 0.6 is 11.6 Å². The molecule has 0 aliphatic heterocycles. The summed E-state index contributed by atoms with van der Waals surface area (Å²) in [4.78, 5) is 0. The molecule has 3 aromatic rings. The summed E-state index contributed by atoms with van der Waals surface area (Å²) in [5.41, 5.74) is 1.29. The lowest BCUT2D eigenvalue weighted by Crippen LogP contribution is -1.78. The van der Waals surface area contributed by atoms with Crippen LogP contribution in [-0.2, 0) is 0 Å². The lowest BCUT2D eigenvalue weighted by Gasteiger charge is -2.03. The molecule has 0 saturated carbocycles. The molecule has 0 fully saturated rings. The largest absolute Gasteiger partial charge is 0.0843 e. The SMILES string of the molecule is Cc1ccc2cc3ccc(Cl)cc3cc2c1. The van der Waals surface area contributed by atoms with E-state index in [2.05, 4.69) is 43.3 Å². The lowest BCUT2D eigenvalue weighted by atomic mass is 10.0. The maximum Gasteiger partial charge on any atom is 0.0412 e. The number of hydrogen-bond acceptors (Lipinski definition) is 0. The first-order chi connectivity index (χ1) is 7.72. The van der Waals surface area contributed by atoms with Gasteiger partial charge in [0.05, 0.1) is 0 Å². The summed E-state index contributed by atoms with van der Waals surface area (Å²) in [6.45, 7) is 2.11. The van der Waals surface area contributed by atoms with E-state index in [4.69, 9.17) is 11.6 Å². The zero-order valence-electron chi connectivity index (χ0n) is 9.00. The second-order valence-electron chi connectivity index (χ2n) is 4.19. The third-order valence-corrected chi connectivity index (χ3v) is 3.15. The van der Waals surface area contributed by atoms with Crippen molar-refractivity contribution in [1.82, 2.24) is 0 Å². The van der Waals surface area contributed by atoms with Crippen LogP contribution in [0.3, 0.4) is 0 Å². The summed E-state index contributed by atoms with van der Waals surface area (Å²) < 4.78 is 0. The number of halogens is 1. The lowest BCUT2D eigenvalue weighted by molar-refractivity contribution is 1.51. The van der Waals surface area contributed by atoms with E-state index in [9.17, 15) is 0 Å². The number of hydrogen-bond donors (Lipinski definition) is 0. The van der Waals surface area contributed by atoms with Crippen LogP contribution in [0.25, 0.3) is 21.5 Å². The highest BCUT2D eigenvalue weighted by Gasteiger charge is 1.99. The molecular formula is C15H11Cl. The first kappa shape index (κ1) is 9.68. The smallest absolute Gasteiger partial charge is 0.0412 e. The van der Waals surface area contributed by atoms with Gasteiger partial charge in [0, 0.05) is 5.02 Å². The molecule has 3 aromatic carbocycles. The van der Waals surface area contributed by atoms with Gasteiger partial charge in [-0.3, -0.25) is 0 Å². The number of fused-ring (bicyclic) bond motifs is 2. The van der Waals surface area contributed by atoms with Gasteiger partial charge in [-0.2, -0.15) is 0 Å². The molecule has 0 N–H and O–H groups in total. The van der Waals surface area contributed by atoms with Gasteiger partial charge in [-0.1, -0.05) is 41.4 Å². The number of benzene rings is 3. The molecule has 3 rings (SSSR count). The number of rotatable bonds is 0. The maximum absolute atomic E-state index is 6.00. The molecule has 0 aliphatic rings. The Hall–Kier alpha value is -1.53. The highest BCUT2D eigenvalue weighted by molar-refractivity contribution is 6.31. The van der Waals surface area contributed by atoms with Gasteiger partial charge >= 0.3 is 0 Å². The molecular weight excluding hydrogens is 216 g/mol. The van der Waals surface area contributed by atoms with Crippen LogP contribution in [0.5, 0.6) is 0 Å². The Balaban J connectivity index is 2.44. The molecule has 0 nitrogen and oxygen atoms in total. The average molecular weight is 227 g/mol. The fourth-order valence-electron chi connectivity index (χ4n) is 2.09. The van der Waals surface area contributed by atoms with Gasteiger partial charge in [0.1, 0.15) is 0 Å². The number of aryl methyl sites for hydroxylation is 1. The van der Waals surface area contributed by atoms with Crippen LogP contribution in [0, 0.1) is 6.92 Å². The van der Waals surface area contributed by atoms with E-state index in [-0.39, 0.29) is 0 Å². The highest BCUT2D eigenvalue weighted by Crippen LogP contribution is 2.25. The predicted octanol–water partition coefficient (Wildman–Crippen LogP) is 4.95.